The summed E-state index contributed by atoms with van der Waals surface area (Å²) in [5.41, 5.74) is 0.527. The quantitative estimate of drug-likeness (QED) is 0.552. The summed E-state index contributed by atoms with van der Waals surface area (Å²) >= 11 is 6.48. The number of alkyl halides is 1. The number of hydrogen-bond acceptors (Lipinski definition) is 1. The van der Waals surface area contributed by atoms with Crippen LogP contribution >= 0.6 is 11.6 Å². The van der Waals surface area contributed by atoms with Crippen molar-refractivity contribution in [3.8, 4) is 0 Å². The van der Waals surface area contributed by atoms with E-state index in [9.17, 15) is 4.79 Å². The summed E-state index contributed by atoms with van der Waals surface area (Å²) in [4.78, 5) is 11.2. The first-order valence-electron chi connectivity index (χ1n) is 5.56. The van der Waals surface area contributed by atoms with Crippen molar-refractivity contribution in [1.82, 2.24) is 5.32 Å². The topological polar surface area (TPSA) is 29.1 Å². The van der Waals surface area contributed by atoms with Gasteiger partial charge in [-0.3, -0.25) is 4.79 Å². The number of nitrogens with one attached hydrogen (secondary N) is 1. The molecule has 2 nitrogen and oxygen atoms in total. The van der Waals surface area contributed by atoms with Gasteiger partial charge in [-0.15, -0.1) is 11.6 Å². The normalized spacial score (nSPS) is 13.4. The van der Waals surface area contributed by atoms with Crippen molar-refractivity contribution in [2.45, 2.75) is 57.9 Å². The van der Waals surface area contributed by atoms with Crippen LogP contribution in [0.4, 0.5) is 0 Å². The number of hydrogen-bond donors (Lipinski definition) is 1. The lowest BCUT2D eigenvalue weighted by Crippen LogP contribution is -2.48. The molecule has 3 heteroatoms. The zero-order valence-corrected chi connectivity index (χ0v) is 10.9. The third-order valence-corrected chi connectivity index (χ3v) is 3.70. The van der Waals surface area contributed by atoms with Crippen LogP contribution in [0.2, 0.25) is 0 Å². The molecule has 0 bridgehead atoms. The summed E-state index contributed by atoms with van der Waals surface area (Å²) in [6, 6.07) is 0.0124. The minimum absolute atomic E-state index is 0.0124. The first-order valence-corrected chi connectivity index (χ1v) is 5.94. The van der Waals surface area contributed by atoms with Gasteiger partial charge in [0.2, 0.25) is 5.91 Å². The molecule has 0 radical (unpaired) electrons. The van der Waals surface area contributed by atoms with Crippen molar-refractivity contribution in [2.75, 3.05) is 0 Å². The fourth-order valence-corrected chi connectivity index (χ4v) is 1.83. The second-order valence-electron chi connectivity index (χ2n) is 3.96. The van der Waals surface area contributed by atoms with Gasteiger partial charge in [0.25, 0.3) is 0 Å². The van der Waals surface area contributed by atoms with Gasteiger partial charge in [0.1, 0.15) is 0 Å². The van der Waals surface area contributed by atoms with Crippen LogP contribution in [-0.2, 0) is 4.79 Å². The number of halogens is 1. The van der Waals surface area contributed by atoms with Gasteiger partial charge in [-0.25, -0.2) is 0 Å². The Morgan fingerprint density at radius 1 is 1.40 bits per heavy atom. The molecule has 1 N–H and O–H groups in total. The van der Waals surface area contributed by atoms with E-state index < -0.39 is 0 Å². The summed E-state index contributed by atoms with van der Waals surface area (Å²) in [6.45, 7) is 11.5. The summed E-state index contributed by atoms with van der Waals surface area (Å²) in [6.07, 6.45) is 2.53. The highest BCUT2D eigenvalue weighted by molar-refractivity contribution is 6.24. The SMILES string of the molecule is C=C(C)C(=O)NC(CC)C(Cl)(CC)CC. The molecule has 0 aromatic rings. The molecule has 0 heterocycles. The van der Waals surface area contributed by atoms with Crippen molar-refractivity contribution in [1.29, 1.82) is 0 Å². The van der Waals surface area contributed by atoms with E-state index in [2.05, 4.69) is 11.9 Å². The lowest BCUT2D eigenvalue weighted by molar-refractivity contribution is -0.118. The Morgan fingerprint density at radius 2 is 1.87 bits per heavy atom. The Morgan fingerprint density at radius 3 is 2.13 bits per heavy atom. The Hall–Kier alpha value is -0.500. The van der Waals surface area contributed by atoms with Crippen LogP contribution < -0.4 is 5.32 Å². The Balaban J connectivity index is 4.61. The van der Waals surface area contributed by atoms with E-state index >= 15 is 0 Å². The summed E-state index contributed by atoms with van der Waals surface area (Å²) in [7, 11) is 0. The first kappa shape index (κ1) is 14.5. The zero-order chi connectivity index (χ0) is 12.1. The highest BCUT2D eigenvalue weighted by Gasteiger charge is 2.33. The molecule has 0 rings (SSSR count). The largest absolute Gasteiger partial charge is 0.348 e. The molecule has 0 aliphatic carbocycles. The molecule has 88 valence electrons. The summed E-state index contributed by atoms with van der Waals surface area (Å²) in [5, 5.41) is 2.94. The van der Waals surface area contributed by atoms with Gasteiger partial charge in [-0.1, -0.05) is 27.4 Å². The molecule has 0 aromatic carbocycles. The van der Waals surface area contributed by atoms with Crippen molar-refractivity contribution >= 4 is 17.5 Å². The van der Waals surface area contributed by atoms with Crippen LogP contribution in [0.1, 0.15) is 47.0 Å². The van der Waals surface area contributed by atoms with Crippen molar-refractivity contribution in [2.24, 2.45) is 0 Å². The van der Waals surface area contributed by atoms with Crippen molar-refractivity contribution < 1.29 is 4.79 Å². The van der Waals surface area contributed by atoms with Gasteiger partial charge in [-0.2, -0.15) is 0 Å². The lowest BCUT2D eigenvalue weighted by atomic mass is 9.91. The maximum absolute atomic E-state index is 11.5. The lowest BCUT2D eigenvalue weighted by Gasteiger charge is -2.34. The van der Waals surface area contributed by atoms with E-state index in [4.69, 9.17) is 11.6 Å². The second-order valence-corrected chi connectivity index (χ2v) is 4.71. The Labute approximate surface area is 98.1 Å². The van der Waals surface area contributed by atoms with Crippen LogP contribution in [0.15, 0.2) is 12.2 Å². The molecule has 0 aliphatic heterocycles. The molecule has 1 amide bonds. The molecule has 1 atom stereocenters. The predicted molar refractivity (Wildman–Crippen MR) is 66.2 cm³/mol. The standard InChI is InChI=1S/C12H22ClNO/c1-6-10(12(13,7-2)8-3)14-11(15)9(4)5/h10H,4,6-8H2,1-3,5H3,(H,14,15). The van der Waals surface area contributed by atoms with Gasteiger partial charge in [0, 0.05) is 11.6 Å². The highest BCUT2D eigenvalue weighted by Crippen LogP contribution is 2.29. The smallest absolute Gasteiger partial charge is 0.246 e. The minimum Gasteiger partial charge on any atom is -0.348 e. The summed E-state index contributed by atoms with van der Waals surface area (Å²) < 4.78 is 0. The molecule has 0 aromatic heterocycles. The number of rotatable bonds is 6. The molecule has 0 aliphatic rings. The maximum Gasteiger partial charge on any atom is 0.246 e. The molecule has 1 unspecified atom stereocenters. The maximum atomic E-state index is 11.5. The van der Waals surface area contributed by atoms with Gasteiger partial charge in [0.15, 0.2) is 0 Å². The van der Waals surface area contributed by atoms with Crippen LogP contribution in [-0.4, -0.2) is 16.8 Å². The minimum atomic E-state index is -0.333. The first-order chi connectivity index (χ1) is 6.91. The van der Waals surface area contributed by atoms with Gasteiger partial charge in [-0.05, 0) is 26.2 Å². The highest BCUT2D eigenvalue weighted by atomic mass is 35.5. The van der Waals surface area contributed by atoms with Gasteiger partial charge in [0.05, 0.1) is 4.87 Å². The zero-order valence-electron chi connectivity index (χ0n) is 10.2. The molecule has 0 saturated carbocycles. The van der Waals surface area contributed by atoms with Crippen LogP contribution in [0.25, 0.3) is 0 Å². The number of amides is 1. The van der Waals surface area contributed by atoms with E-state index in [1.54, 1.807) is 6.92 Å². The van der Waals surface area contributed by atoms with Crippen LogP contribution in [0, 0.1) is 0 Å². The Bertz CT molecular complexity index is 234. The molecule has 0 fully saturated rings. The molecule has 0 saturated heterocycles. The van der Waals surface area contributed by atoms with E-state index in [1.165, 1.54) is 0 Å². The Kier molecular flexibility index (Phi) is 5.96. The van der Waals surface area contributed by atoms with Crippen molar-refractivity contribution in [3.63, 3.8) is 0 Å². The molecular formula is C12H22ClNO. The van der Waals surface area contributed by atoms with Crippen molar-refractivity contribution in [3.05, 3.63) is 12.2 Å². The predicted octanol–water partition coefficient (Wildman–Crippen LogP) is 3.25. The van der Waals surface area contributed by atoms with E-state index in [0.29, 0.717) is 5.57 Å². The average molecular weight is 232 g/mol. The van der Waals surface area contributed by atoms with Crippen LogP contribution in [0.3, 0.4) is 0 Å². The molecular weight excluding hydrogens is 210 g/mol. The van der Waals surface area contributed by atoms with E-state index in [-0.39, 0.29) is 16.8 Å². The molecule has 15 heavy (non-hydrogen) atoms. The third-order valence-electron chi connectivity index (χ3n) is 2.90. The third kappa shape index (κ3) is 3.86. The van der Waals surface area contributed by atoms with Crippen LogP contribution in [0.5, 0.6) is 0 Å². The van der Waals surface area contributed by atoms with E-state index in [1.807, 2.05) is 20.8 Å². The summed E-state index contributed by atoms with van der Waals surface area (Å²) in [5.74, 6) is -0.103. The monoisotopic (exact) mass is 231 g/mol. The number of carbonyl (C=O) groups is 1. The average Bonchev–Trinajstić information content (AvgIpc) is 2.24. The van der Waals surface area contributed by atoms with Gasteiger partial charge >= 0.3 is 0 Å². The number of carbonyl (C=O) groups excluding carboxylic acids is 1. The van der Waals surface area contributed by atoms with Gasteiger partial charge < -0.3 is 5.32 Å². The molecule has 0 spiro atoms. The fourth-order valence-electron chi connectivity index (χ4n) is 1.62. The second kappa shape index (κ2) is 6.16. The fraction of sp³-hybridized carbons (Fsp3) is 0.750. The van der Waals surface area contributed by atoms with E-state index in [0.717, 1.165) is 19.3 Å².